The second-order valence-electron chi connectivity index (χ2n) is 6.41. The molecule has 5 heteroatoms. The third-order valence-electron chi connectivity index (χ3n) is 4.36. The van der Waals surface area contributed by atoms with E-state index in [1.807, 2.05) is 49.5 Å². The molecule has 0 bridgehead atoms. The molecule has 0 radical (unpaired) electrons. The molecule has 3 N–H and O–H groups in total. The number of carbonyl (C=O) groups is 1. The minimum Gasteiger partial charge on any atom is -0.379 e. The van der Waals surface area contributed by atoms with Gasteiger partial charge in [-0.05, 0) is 36.1 Å². The topological polar surface area (TPSA) is 74.2 Å². The molecule has 1 aromatic heterocycles. The first-order valence-corrected chi connectivity index (χ1v) is 8.31. The van der Waals surface area contributed by atoms with Crippen LogP contribution >= 0.6 is 0 Å². The van der Waals surface area contributed by atoms with Crippen molar-refractivity contribution in [3.05, 3.63) is 59.3 Å². The van der Waals surface area contributed by atoms with Crippen molar-refractivity contribution in [1.29, 1.82) is 0 Å². The summed E-state index contributed by atoms with van der Waals surface area (Å²) in [6, 6.07) is 11.8. The number of aliphatic hydroxyl groups is 1. The average molecular weight is 325 g/mol. The van der Waals surface area contributed by atoms with E-state index >= 15 is 0 Å². The van der Waals surface area contributed by atoms with E-state index < -0.39 is 5.60 Å². The molecule has 5 nitrogen and oxygen atoms in total. The predicted octanol–water partition coefficient (Wildman–Crippen LogP) is 1.84. The Hall–Kier alpha value is -2.40. The minimum absolute atomic E-state index is 0.285. The molecule has 0 spiro atoms. The maximum absolute atomic E-state index is 12.3. The summed E-state index contributed by atoms with van der Waals surface area (Å²) in [6.45, 7) is 3.24. The van der Waals surface area contributed by atoms with E-state index in [0.29, 0.717) is 19.4 Å². The van der Waals surface area contributed by atoms with Crippen LogP contribution < -0.4 is 10.6 Å². The van der Waals surface area contributed by atoms with E-state index in [1.54, 1.807) is 0 Å². The molecule has 1 aromatic carbocycles. The van der Waals surface area contributed by atoms with Crippen molar-refractivity contribution in [3.63, 3.8) is 0 Å². The predicted molar refractivity (Wildman–Crippen MR) is 93.9 cm³/mol. The highest BCUT2D eigenvalue weighted by molar-refractivity contribution is 5.86. The van der Waals surface area contributed by atoms with Gasteiger partial charge in [-0.2, -0.15) is 0 Å². The maximum atomic E-state index is 12.3. The highest BCUT2D eigenvalue weighted by Gasteiger charge is 2.41. The molecule has 2 aromatic rings. The average Bonchev–Trinajstić information content (AvgIpc) is 2.93. The van der Waals surface area contributed by atoms with Crippen LogP contribution in [-0.2, 0) is 17.6 Å². The number of benzene rings is 1. The number of amides is 1. The van der Waals surface area contributed by atoms with Crippen LogP contribution in [0.4, 0.5) is 5.82 Å². The van der Waals surface area contributed by atoms with Gasteiger partial charge in [-0.15, -0.1) is 0 Å². The number of nitrogens with one attached hydrogen (secondary N) is 2. The molecule has 0 saturated heterocycles. The SMILES string of the molecule is Cc1ccc(NCCCNC(=O)C2(O)Cc3ccccc3C2)nc1. The summed E-state index contributed by atoms with van der Waals surface area (Å²) >= 11 is 0. The number of rotatable bonds is 6. The van der Waals surface area contributed by atoms with Gasteiger partial charge < -0.3 is 15.7 Å². The summed E-state index contributed by atoms with van der Waals surface area (Å²) in [7, 11) is 0. The molecule has 0 atom stereocenters. The fraction of sp³-hybridized carbons (Fsp3) is 0.368. The Bertz CT molecular complexity index is 688. The van der Waals surface area contributed by atoms with E-state index in [2.05, 4.69) is 15.6 Å². The van der Waals surface area contributed by atoms with Gasteiger partial charge in [-0.1, -0.05) is 30.3 Å². The van der Waals surface area contributed by atoms with Gasteiger partial charge in [0.25, 0.3) is 5.91 Å². The zero-order valence-corrected chi connectivity index (χ0v) is 13.9. The lowest BCUT2D eigenvalue weighted by molar-refractivity contribution is -0.138. The van der Waals surface area contributed by atoms with E-state index in [0.717, 1.165) is 35.5 Å². The van der Waals surface area contributed by atoms with E-state index in [4.69, 9.17) is 0 Å². The second-order valence-corrected chi connectivity index (χ2v) is 6.41. The van der Waals surface area contributed by atoms with Crippen molar-refractivity contribution < 1.29 is 9.90 Å². The van der Waals surface area contributed by atoms with Gasteiger partial charge in [0.2, 0.25) is 0 Å². The molecule has 0 saturated carbocycles. The standard InChI is InChI=1S/C19H23N3O2/c1-14-7-8-17(22-13-14)20-9-4-10-21-18(23)19(24)11-15-5-2-3-6-16(15)12-19/h2-3,5-8,13,24H,4,9-12H2,1H3,(H,20,22)(H,21,23). The summed E-state index contributed by atoms with van der Waals surface area (Å²) in [6.07, 6.45) is 3.36. The van der Waals surface area contributed by atoms with E-state index in [9.17, 15) is 9.90 Å². The van der Waals surface area contributed by atoms with Crippen molar-refractivity contribution in [2.75, 3.05) is 18.4 Å². The maximum Gasteiger partial charge on any atom is 0.252 e. The first-order valence-electron chi connectivity index (χ1n) is 8.31. The molecule has 24 heavy (non-hydrogen) atoms. The molecular formula is C19H23N3O2. The largest absolute Gasteiger partial charge is 0.379 e. The number of anilines is 1. The highest BCUT2D eigenvalue weighted by atomic mass is 16.3. The van der Waals surface area contributed by atoms with Gasteiger partial charge in [0.15, 0.2) is 5.60 Å². The summed E-state index contributed by atoms with van der Waals surface area (Å²) in [5.41, 5.74) is 1.93. The molecule has 1 aliphatic carbocycles. The van der Waals surface area contributed by atoms with Crippen molar-refractivity contribution in [3.8, 4) is 0 Å². The smallest absolute Gasteiger partial charge is 0.252 e. The molecule has 0 fully saturated rings. The molecule has 1 aliphatic rings. The fourth-order valence-electron chi connectivity index (χ4n) is 3.00. The number of aromatic nitrogens is 1. The summed E-state index contributed by atoms with van der Waals surface area (Å²) < 4.78 is 0. The lowest BCUT2D eigenvalue weighted by atomic mass is 9.99. The van der Waals surface area contributed by atoms with Crippen LogP contribution in [0.2, 0.25) is 0 Å². The van der Waals surface area contributed by atoms with Crippen LogP contribution in [0, 0.1) is 6.92 Å². The number of hydrogen-bond acceptors (Lipinski definition) is 4. The Morgan fingerprint density at radius 3 is 2.50 bits per heavy atom. The lowest BCUT2D eigenvalue weighted by Crippen LogP contribution is -2.48. The molecule has 3 rings (SSSR count). The molecule has 0 unspecified atom stereocenters. The Morgan fingerprint density at radius 2 is 1.88 bits per heavy atom. The number of aryl methyl sites for hydroxylation is 1. The number of fused-ring (bicyclic) bond motifs is 1. The van der Waals surface area contributed by atoms with Gasteiger partial charge in [-0.3, -0.25) is 4.79 Å². The Morgan fingerprint density at radius 1 is 1.17 bits per heavy atom. The van der Waals surface area contributed by atoms with Gasteiger partial charge in [0, 0.05) is 32.1 Å². The van der Waals surface area contributed by atoms with Crippen LogP contribution in [0.25, 0.3) is 0 Å². The fourth-order valence-corrected chi connectivity index (χ4v) is 3.00. The number of nitrogens with zero attached hydrogens (tertiary/aromatic N) is 1. The summed E-state index contributed by atoms with van der Waals surface area (Å²) in [5, 5.41) is 16.7. The van der Waals surface area contributed by atoms with Crippen LogP contribution in [0.5, 0.6) is 0 Å². The van der Waals surface area contributed by atoms with Gasteiger partial charge in [0.1, 0.15) is 5.82 Å². The lowest BCUT2D eigenvalue weighted by Gasteiger charge is -2.21. The highest BCUT2D eigenvalue weighted by Crippen LogP contribution is 2.30. The second kappa shape index (κ2) is 7.01. The summed E-state index contributed by atoms with van der Waals surface area (Å²) in [4.78, 5) is 16.6. The molecule has 1 amide bonds. The van der Waals surface area contributed by atoms with Gasteiger partial charge >= 0.3 is 0 Å². The number of pyridine rings is 1. The minimum atomic E-state index is -1.31. The molecule has 1 heterocycles. The first kappa shape index (κ1) is 16.5. The number of carbonyl (C=O) groups excluding carboxylic acids is 1. The monoisotopic (exact) mass is 325 g/mol. The third-order valence-corrected chi connectivity index (χ3v) is 4.36. The molecule has 126 valence electrons. The Balaban J connectivity index is 1.41. The van der Waals surface area contributed by atoms with Crippen molar-refractivity contribution in [1.82, 2.24) is 10.3 Å². The van der Waals surface area contributed by atoms with Gasteiger partial charge in [-0.25, -0.2) is 4.98 Å². The molecule has 0 aliphatic heterocycles. The van der Waals surface area contributed by atoms with Gasteiger partial charge in [0.05, 0.1) is 0 Å². The van der Waals surface area contributed by atoms with Crippen LogP contribution in [0.3, 0.4) is 0 Å². The third kappa shape index (κ3) is 3.74. The van der Waals surface area contributed by atoms with Crippen molar-refractivity contribution in [2.45, 2.75) is 31.8 Å². The van der Waals surface area contributed by atoms with Crippen LogP contribution in [0.15, 0.2) is 42.6 Å². The van der Waals surface area contributed by atoms with Crippen LogP contribution in [0.1, 0.15) is 23.1 Å². The zero-order chi connectivity index (χ0) is 17.0. The zero-order valence-electron chi connectivity index (χ0n) is 13.9. The molecular weight excluding hydrogens is 302 g/mol. The summed E-state index contributed by atoms with van der Waals surface area (Å²) in [5.74, 6) is 0.545. The quantitative estimate of drug-likeness (QED) is 0.709. The van der Waals surface area contributed by atoms with E-state index in [-0.39, 0.29) is 5.91 Å². The normalized spacial score (nSPS) is 14.9. The van der Waals surface area contributed by atoms with Crippen LogP contribution in [-0.4, -0.2) is 34.7 Å². The van der Waals surface area contributed by atoms with Crippen molar-refractivity contribution in [2.24, 2.45) is 0 Å². The number of hydrogen-bond donors (Lipinski definition) is 3. The Labute approximate surface area is 142 Å². The van der Waals surface area contributed by atoms with Crippen molar-refractivity contribution >= 4 is 11.7 Å². The van der Waals surface area contributed by atoms with E-state index in [1.165, 1.54) is 0 Å². The first-order chi connectivity index (χ1) is 11.6. The Kier molecular flexibility index (Phi) is 4.81.